The summed E-state index contributed by atoms with van der Waals surface area (Å²) in [7, 11) is 0. The molecule has 142 valence electrons. The Morgan fingerprint density at radius 1 is 1.18 bits per heavy atom. The topological polar surface area (TPSA) is 64.6 Å². The van der Waals surface area contributed by atoms with Crippen molar-refractivity contribution in [2.45, 2.75) is 19.6 Å². The summed E-state index contributed by atoms with van der Waals surface area (Å²) in [5, 5.41) is 2.59. The number of thiophene rings is 1. The van der Waals surface area contributed by atoms with E-state index in [-0.39, 0.29) is 0 Å². The van der Waals surface area contributed by atoms with Crippen molar-refractivity contribution >= 4 is 28.9 Å². The molecule has 1 aliphatic heterocycles. The standard InChI is InChI=1S/C21H16FNO4S/c1-12(20(24)23-15-8-6-14(22)7-9-15)27-21(25)18-10-13-11-26-17-5-3-2-4-16(17)19(13)28-18/h2-10,12H,11H2,1H3,(H,23,24). The van der Waals surface area contributed by atoms with Crippen LogP contribution in [0.3, 0.4) is 0 Å². The average Bonchev–Trinajstić information content (AvgIpc) is 3.14. The summed E-state index contributed by atoms with van der Waals surface area (Å²) >= 11 is 1.32. The molecule has 0 fully saturated rings. The van der Waals surface area contributed by atoms with Gasteiger partial charge in [-0.05, 0) is 49.4 Å². The molecule has 2 aromatic carbocycles. The Balaban J connectivity index is 1.45. The van der Waals surface area contributed by atoms with Crippen molar-refractivity contribution in [3.63, 3.8) is 0 Å². The number of nitrogens with one attached hydrogen (secondary N) is 1. The lowest BCUT2D eigenvalue weighted by Gasteiger charge is -2.16. The minimum Gasteiger partial charge on any atom is -0.488 e. The van der Waals surface area contributed by atoms with E-state index >= 15 is 0 Å². The molecule has 1 atom stereocenters. The molecule has 1 aliphatic rings. The molecule has 0 radical (unpaired) electrons. The summed E-state index contributed by atoms with van der Waals surface area (Å²) in [5.41, 5.74) is 2.28. The van der Waals surface area contributed by atoms with Crippen LogP contribution in [0.5, 0.6) is 5.75 Å². The molecule has 1 unspecified atom stereocenters. The lowest BCUT2D eigenvalue weighted by molar-refractivity contribution is -0.123. The summed E-state index contributed by atoms with van der Waals surface area (Å²) < 4.78 is 23.9. The highest BCUT2D eigenvalue weighted by molar-refractivity contribution is 7.17. The number of anilines is 1. The number of rotatable bonds is 4. The zero-order valence-electron chi connectivity index (χ0n) is 14.9. The van der Waals surface area contributed by atoms with Crippen molar-refractivity contribution in [1.82, 2.24) is 0 Å². The van der Waals surface area contributed by atoms with Gasteiger partial charge in [0.25, 0.3) is 5.91 Å². The van der Waals surface area contributed by atoms with Gasteiger partial charge in [0.1, 0.15) is 23.1 Å². The third-order valence-electron chi connectivity index (χ3n) is 4.29. The molecule has 1 aromatic heterocycles. The molecule has 0 saturated carbocycles. The minimum absolute atomic E-state index is 0.386. The summed E-state index contributed by atoms with van der Waals surface area (Å²) in [5.74, 6) is -0.679. The van der Waals surface area contributed by atoms with Gasteiger partial charge in [0.2, 0.25) is 0 Å². The fraction of sp³-hybridized carbons (Fsp3) is 0.143. The molecular formula is C21H16FNO4S. The van der Waals surface area contributed by atoms with Gasteiger partial charge in [-0.2, -0.15) is 0 Å². The van der Waals surface area contributed by atoms with E-state index in [0.717, 1.165) is 21.8 Å². The van der Waals surface area contributed by atoms with Crippen molar-refractivity contribution in [3.8, 4) is 16.2 Å². The molecule has 28 heavy (non-hydrogen) atoms. The highest BCUT2D eigenvalue weighted by Crippen LogP contribution is 2.42. The van der Waals surface area contributed by atoms with Gasteiger partial charge in [-0.25, -0.2) is 9.18 Å². The van der Waals surface area contributed by atoms with Crippen LogP contribution in [-0.4, -0.2) is 18.0 Å². The normalized spacial score (nSPS) is 12.9. The fourth-order valence-corrected chi connectivity index (χ4v) is 3.93. The van der Waals surface area contributed by atoms with Crippen LogP contribution in [0.4, 0.5) is 10.1 Å². The van der Waals surface area contributed by atoms with Crippen LogP contribution in [0.15, 0.2) is 54.6 Å². The average molecular weight is 397 g/mol. The molecule has 0 spiro atoms. The van der Waals surface area contributed by atoms with E-state index in [2.05, 4.69) is 5.32 Å². The van der Waals surface area contributed by atoms with E-state index < -0.39 is 23.8 Å². The van der Waals surface area contributed by atoms with Crippen molar-refractivity contribution < 1.29 is 23.5 Å². The highest BCUT2D eigenvalue weighted by Gasteiger charge is 2.25. The number of halogens is 1. The zero-order valence-corrected chi connectivity index (χ0v) is 15.7. The molecule has 7 heteroatoms. The number of hydrogen-bond donors (Lipinski definition) is 1. The quantitative estimate of drug-likeness (QED) is 0.652. The maximum Gasteiger partial charge on any atom is 0.349 e. The van der Waals surface area contributed by atoms with E-state index in [0.29, 0.717) is 17.2 Å². The van der Waals surface area contributed by atoms with Crippen molar-refractivity contribution in [2.24, 2.45) is 0 Å². The predicted molar refractivity (Wildman–Crippen MR) is 104 cm³/mol. The number of benzene rings is 2. The summed E-state index contributed by atoms with van der Waals surface area (Å²) in [6.07, 6.45) is -1.000. The Morgan fingerprint density at radius 2 is 1.93 bits per heavy atom. The van der Waals surface area contributed by atoms with Gasteiger partial charge < -0.3 is 14.8 Å². The Kier molecular flexibility index (Phi) is 4.83. The molecule has 0 saturated heterocycles. The fourth-order valence-electron chi connectivity index (χ4n) is 2.85. The lowest BCUT2D eigenvalue weighted by atomic mass is 10.1. The minimum atomic E-state index is -1.000. The smallest absolute Gasteiger partial charge is 0.349 e. The van der Waals surface area contributed by atoms with Gasteiger partial charge in [-0.3, -0.25) is 4.79 Å². The molecule has 0 bridgehead atoms. The Labute approximate surface area is 164 Å². The molecule has 0 aliphatic carbocycles. The first-order chi connectivity index (χ1) is 13.5. The number of fused-ring (bicyclic) bond motifs is 3. The van der Waals surface area contributed by atoms with Crippen molar-refractivity contribution in [2.75, 3.05) is 5.32 Å². The monoisotopic (exact) mass is 397 g/mol. The van der Waals surface area contributed by atoms with Gasteiger partial charge >= 0.3 is 5.97 Å². The molecule has 1 amide bonds. The van der Waals surface area contributed by atoms with Gasteiger partial charge in [0.15, 0.2) is 6.10 Å². The first-order valence-corrected chi connectivity index (χ1v) is 9.45. The number of para-hydroxylation sites is 1. The Morgan fingerprint density at radius 3 is 2.71 bits per heavy atom. The number of carbonyl (C=O) groups is 2. The van der Waals surface area contributed by atoms with E-state index in [4.69, 9.17) is 9.47 Å². The van der Waals surface area contributed by atoms with Crippen LogP contribution in [0, 0.1) is 5.82 Å². The van der Waals surface area contributed by atoms with Crippen LogP contribution in [0.1, 0.15) is 22.2 Å². The Bertz CT molecular complexity index is 1040. The third-order valence-corrected chi connectivity index (χ3v) is 5.48. The molecule has 4 rings (SSSR count). The lowest BCUT2D eigenvalue weighted by Crippen LogP contribution is -2.29. The largest absolute Gasteiger partial charge is 0.488 e. The van der Waals surface area contributed by atoms with Crippen molar-refractivity contribution in [1.29, 1.82) is 0 Å². The van der Waals surface area contributed by atoms with Crippen LogP contribution in [0.2, 0.25) is 0 Å². The third kappa shape index (κ3) is 3.61. The molecular weight excluding hydrogens is 381 g/mol. The Hall–Kier alpha value is -3.19. The van der Waals surface area contributed by atoms with E-state index in [1.807, 2.05) is 24.3 Å². The first-order valence-electron chi connectivity index (χ1n) is 8.63. The molecule has 3 aromatic rings. The second-order valence-electron chi connectivity index (χ2n) is 6.29. The van der Waals surface area contributed by atoms with Crippen LogP contribution in [0.25, 0.3) is 10.4 Å². The second-order valence-corrected chi connectivity index (χ2v) is 7.35. The maximum atomic E-state index is 12.9. The predicted octanol–water partition coefficient (Wildman–Crippen LogP) is 4.63. The van der Waals surface area contributed by atoms with Gasteiger partial charge in [-0.15, -0.1) is 11.3 Å². The van der Waals surface area contributed by atoms with E-state index in [1.165, 1.54) is 42.5 Å². The van der Waals surface area contributed by atoms with Crippen LogP contribution >= 0.6 is 11.3 Å². The van der Waals surface area contributed by atoms with Gasteiger partial charge in [0, 0.05) is 21.7 Å². The summed E-state index contributed by atoms with van der Waals surface area (Å²) in [4.78, 5) is 26.1. The highest BCUT2D eigenvalue weighted by atomic mass is 32.1. The molecule has 1 N–H and O–H groups in total. The zero-order chi connectivity index (χ0) is 19.7. The number of amides is 1. The van der Waals surface area contributed by atoms with Gasteiger partial charge in [0.05, 0.1) is 0 Å². The molecule has 5 nitrogen and oxygen atoms in total. The summed E-state index contributed by atoms with van der Waals surface area (Å²) in [6.45, 7) is 1.87. The molecule has 2 heterocycles. The summed E-state index contributed by atoms with van der Waals surface area (Å²) in [6, 6.07) is 14.7. The first kappa shape index (κ1) is 18.2. The maximum absolute atomic E-state index is 12.9. The van der Waals surface area contributed by atoms with E-state index in [9.17, 15) is 14.0 Å². The van der Waals surface area contributed by atoms with Crippen LogP contribution < -0.4 is 10.1 Å². The second kappa shape index (κ2) is 7.44. The van der Waals surface area contributed by atoms with Crippen molar-refractivity contribution in [3.05, 3.63) is 70.9 Å². The number of ether oxygens (including phenoxy) is 2. The van der Waals surface area contributed by atoms with Crippen LogP contribution in [-0.2, 0) is 16.1 Å². The number of carbonyl (C=O) groups excluding carboxylic acids is 2. The SMILES string of the molecule is CC(OC(=O)c1cc2c(s1)-c1ccccc1OC2)C(=O)Nc1ccc(F)cc1. The number of hydrogen-bond acceptors (Lipinski definition) is 5. The van der Waals surface area contributed by atoms with E-state index in [1.54, 1.807) is 6.07 Å². The number of esters is 1. The van der Waals surface area contributed by atoms with Gasteiger partial charge in [-0.1, -0.05) is 12.1 Å².